The zero-order valence-corrected chi connectivity index (χ0v) is 11.9. The van der Waals surface area contributed by atoms with Crippen molar-refractivity contribution in [2.24, 2.45) is 4.99 Å². The fraction of sp³-hybridized carbons (Fsp3) is 0.111. The Morgan fingerprint density at radius 3 is 2.29 bits per heavy atom. The maximum Gasteiger partial charge on any atom is 0.349 e. The number of aliphatic imine (C=N–C) groups is 1. The number of carbonyl (C=O) groups is 1. The minimum Gasteiger partial charge on any atom is -0.462 e. The molecule has 2 aromatic carbocycles. The predicted molar refractivity (Wildman–Crippen MR) is 85.9 cm³/mol. The van der Waals surface area contributed by atoms with Crippen LogP contribution in [0.15, 0.2) is 65.7 Å². The molecule has 106 valence electrons. The highest BCUT2D eigenvalue weighted by Crippen LogP contribution is 2.19. The lowest BCUT2D eigenvalue weighted by Crippen LogP contribution is -2.04. The van der Waals surface area contributed by atoms with Gasteiger partial charge in [-0.1, -0.05) is 60.7 Å². The summed E-state index contributed by atoms with van der Waals surface area (Å²) in [5.41, 5.74) is 2.69. The number of hydrogen-bond donors (Lipinski definition) is 0. The maximum absolute atomic E-state index is 11.4. The van der Waals surface area contributed by atoms with Crippen molar-refractivity contribution in [1.82, 2.24) is 0 Å². The van der Waals surface area contributed by atoms with Gasteiger partial charge in [0.15, 0.2) is 0 Å². The van der Waals surface area contributed by atoms with E-state index in [1.165, 1.54) is 6.21 Å². The van der Waals surface area contributed by atoms with Crippen LogP contribution in [-0.4, -0.2) is 18.8 Å². The molecule has 0 unspecified atom stereocenters. The molecular formula is C18H17NO2. The van der Waals surface area contributed by atoms with Crippen LogP contribution >= 0.6 is 0 Å². The third kappa shape index (κ3) is 4.73. The third-order valence-electron chi connectivity index (χ3n) is 2.77. The van der Waals surface area contributed by atoms with Crippen LogP contribution < -0.4 is 0 Å². The van der Waals surface area contributed by atoms with Gasteiger partial charge in [-0.15, -0.1) is 0 Å². The maximum atomic E-state index is 11.4. The molecule has 21 heavy (non-hydrogen) atoms. The smallest absolute Gasteiger partial charge is 0.349 e. The molecular weight excluding hydrogens is 262 g/mol. The molecule has 0 aliphatic heterocycles. The molecule has 0 saturated heterocycles. The zero-order chi connectivity index (χ0) is 14.9. The zero-order valence-electron chi connectivity index (χ0n) is 11.9. The second-order valence-corrected chi connectivity index (χ2v) is 4.32. The first-order valence-corrected chi connectivity index (χ1v) is 6.82. The first-order chi connectivity index (χ1) is 10.3. The highest BCUT2D eigenvalue weighted by molar-refractivity contribution is 6.24. The number of benzene rings is 2. The topological polar surface area (TPSA) is 38.7 Å². The fourth-order valence-corrected chi connectivity index (χ4v) is 1.81. The monoisotopic (exact) mass is 279 g/mol. The summed E-state index contributed by atoms with van der Waals surface area (Å²) < 4.78 is 4.86. The number of ether oxygens (including phenoxy) is 1. The molecule has 0 saturated carbocycles. The van der Waals surface area contributed by atoms with Crippen LogP contribution in [0.25, 0.3) is 11.8 Å². The van der Waals surface area contributed by atoms with Gasteiger partial charge in [-0.25, -0.2) is 9.79 Å². The summed E-state index contributed by atoms with van der Waals surface area (Å²) in [6.45, 7) is 2.11. The molecule has 0 amide bonds. The largest absolute Gasteiger partial charge is 0.462 e. The van der Waals surface area contributed by atoms with E-state index in [-0.39, 0.29) is 0 Å². The van der Waals surface area contributed by atoms with Gasteiger partial charge in [0.05, 0.1) is 12.3 Å². The van der Waals surface area contributed by atoms with Gasteiger partial charge < -0.3 is 4.74 Å². The highest BCUT2D eigenvalue weighted by atomic mass is 16.5. The van der Waals surface area contributed by atoms with E-state index in [4.69, 9.17) is 4.74 Å². The molecule has 2 aromatic rings. The summed E-state index contributed by atoms with van der Waals surface area (Å²) in [6, 6.07) is 19.6. The Labute approximate surface area is 124 Å². The second kappa shape index (κ2) is 7.80. The van der Waals surface area contributed by atoms with Crippen molar-refractivity contribution >= 4 is 24.0 Å². The molecule has 0 fully saturated rings. The van der Waals surface area contributed by atoms with Crippen molar-refractivity contribution in [3.63, 3.8) is 0 Å². The summed E-state index contributed by atoms with van der Waals surface area (Å²) in [4.78, 5) is 15.7. The van der Waals surface area contributed by atoms with Crippen molar-refractivity contribution in [3.8, 4) is 0 Å². The minimum absolute atomic E-state index is 0.341. The van der Waals surface area contributed by atoms with E-state index in [2.05, 4.69) is 4.99 Å². The lowest BCUT2D eigenvalue weighted by Gasteiger charge is -2.03. The van der Waals surface area contributed by atoms with E-state index in [1.807, 2.05) is 66.7 Å². The highest BCUT2D eigenvalue weighted by Gasteiger charge is 2.01. The van der Waals surface area contributed by atoms with Crippen LogP contribution in [0.4, 0.5) is 0 Å². The first-order valence-electron chi connectivity index (χ1n) is 6.82. The molecule has 0 heterocycles. The van der Waals surface area contributed by atoms with E-state index in [0.29, 0.717) is 6.61 Å². The van der Waals surface area contributed by atoms with Gasteiger partial charge in [0.2, 0.25) is 0 Å². The number of esters is 1. The van der Waals surface area contributed by atoms with Crippen molar-refractivity contribution in [1.29, 1.82) is 0 Å². The van der Waals surface area contributed by atoms with Crippen LogP contribution in [0, 0.1) is 0 Å². The van der Waals surface area contributed by atoms with Crippen LogP contribution in [0.3, 0.4) is 0 Å². The Morgan fingerprint density at radius 1 is 1.05 bits per heavy atom. The van der Waals surface area contributed by atoms with E-state index in [9.17, 15) is 4.79 Å². The molecule has 2 rings (SSSR count). The van der Waals surface area contributed by atoms with Crippen molar-refractivity contribution < 1.29 is 9.53 Å². The van der Waals surface area contributed by atoms with Gasteiger partial charge in [-0.05, 0) is 18.6 Å². The Hall–Kier alpha value is -2.68. The van der Waals surface area contributed by atoms with Crippen LogP contribution in [0.1, 0.15) is 18.1 Å². The molecule has 0 aliphatic rings. The molecule has 0 atom stereocenters. The Balaban J connectivity index is 2.32. The van der Waals surface area contributed by atoms with E-state index in [1.54, 1.807) is 6.92 Å². The van der Waals surface area contributed by atoms with Crippen LogP contribution in [0.2, 0.25) is 0 Å². The molecule has 0 bridgehead atoms. The average molecular weight is 279 g/mol. The van der Waals surface area contributed by atoms with Gasteiger partial charge in [0, 0.05) is 5.56 Å². The van der Waals surface area contributed by atoms with Gasteiger partial charge in [0.25, 0.3) is 0 Å². The molecule has 0 spiro atoms. The predicted octanol–water partition coefficient (Wildman–Crippen LogP) is 3.82. The summed E-state index contributed by atoms with van der Waals surface area (Å²) in [6.07, 6.45) is 3.15. The lowest BCUT2D eigenvalue weighted by molar-refractivity contribution is -0.134. The second-order valence-electron chi connectivity index (χ2n) is 4.32. The number of nitrogens with zero attached hydrogens (tertiary/aromatic N) is 1. The van der Waals surface area contributed by atoms with E-state index >= 15 is 0 Å². The Bertz CT molecular complexity index is 631. The Morgan fingerprint density at radius 2 is 1.67 bits per heavy atom. The van der Waals surface area contributed by atoms with Gasteiger partial charge in [-0.3, -0.25) is 0 Å². The SMILES string of the molecule is CCOC(=O)C=N/C(=C\c1ccccc1)c1ccccc1. The molecule has 3 nitrogen and oxygen atoms in total. The van der Waals surface area contributed by atoms with Crippen molar-refractivity contribution in [2.45, 2.75) is 6.92 Å². The Kier molecular flexibility index (Phi) is 5.47. The normalized spacial score (nSPS) is 11.6. The van der Waals surface area contributed by atoms with E-state index < -0.39 is 5.97 Å². The summed E-state index contributed by atoms with van der Waals surface area (Å²) in [5.74, 6) is -0.438. The number of carbonyl (C=O) groups excluding carboxylic acids is 1. The summed E-state index contributed by atoms with van der Waals surface area (Å²) in [7, 11) is 0. The van der Waals surface area contributed by atoms with Gasteiger partial charge in [-0.2, -0.15) is 0 Å². The standard InChI is InChI=1S/C18H17NO2/c1-2-21-18(20)14-19-17(16-11-7-4-8-12-16)13-15-9-5-3-6-10-15/h3-14H,2H2,1H3/b17-13-,19-14?. The van der Waals surface area contributed by atoms with Gasteiger partial charge in [0.1, 0.15) is 6.21 Å². The van der Waals surface area contributed by atoms with Crippen molar-refractivity contribution in [2.75, 3.05) is 6.61 Å². The van der Waals surface area contributed by atoms with Crippen LogP contribution in [-0.2, 0) is 9.53 Å². The molecule has 0 aromatic heterocycles. The summed E-state index contributed by atoms with van der Waals surface area (Å²) >= 11 is 0. The quantitative estimate of drug-likeness (QED) is 0.474. The van der Waals surface area contributed by atoms with E-state index in [0.717, 1.165) is 16.8 Å². The van der Waals surface area contributed by atoms with Crippen molar-refractivity contribution in [3.05, 3.63) is 71.8 Å². The number of rotatable bonds is 5. The van der Waals surface area contributed by atoms with Gasteiger partial charge >= 0.3 is 5.97 Å². The van der Waals surface area contributed by atoms with Crippen LogP contribution in [0.5, 0.6) is 0 Å². The molecule has 3 heteroatoms. The molecule has 0 N–H and O–H groups in total. The number of hydrogen-bond acceptors (Lipinski definition) is 3. The summed E-state index contributed by atoms with van der Waals surface area (Å²) in [5, 5.41) is 0. The lowest BCUT2D eigenvalue weighted by atomic mass is 10.1. The molecule has 0 aliphatic carbocycles. The minimum atomic E-state index is -0.438. The third-order valence-corrected chi connectivity index (χ3v) is 2.77. The average Bonchev–Trinajstić information content (AvgIpc) is 2.53. The molecule has 0 radical (unpaired) electrons. The fourth-order valence-electron chi connectivity index (χ4n) is 1.81. The first kappa shape index (κ1) is 14.7.